The van der Waals surface area contributed by atoms with Crippen molar-refractivity contribution < 1.29 is 9.90 Å². The quantitative estimate of drug-likeness (QED) is 0.806. The number of nitrogens with zero attached hydrogens (tertiary/aromatic N) is 2. The largest absolute Gasteiger partial charge is 0.508 e. The highest BCUT2D eigenvalue weighted by molar-refractivity contribution is 9.10. The lowest BCUT2D eigenvalue weighted by molar-refractivity contribution is 0.0938. The van der Waals surface area contributed by atoms with Crippen molar-refractivity contribution in [2.75, 3.05) is 0 Å². The number of aryl methyl sites for hydroxylation is 1. The fourth-order valence-corrected chi connectivity index (χ4v) is 2.08. The molecule has 0 spiro atoms. The number of hydrogen-bond acceptors (Lipinski definition) is 4. The van der Waals surface area contributed by atoms with Gasteiger partial charge in [-0.25, -0.2) is 4.98 Å². The molecule has 2 aromatic rings. The van der Waals surface area contributed by atoms with E-state index >= 15 is 0 Å². The second-order valence-corrected chi connectivity index (χ2v) is 5.09. The van der Waals surface area contributed by atoms with Crippen molar-refractivity contribution in [2.45, 2.75) is 19.9 Å². The van der Waals surface area contributed by atoms with Crippen LogP contribution in [0.15, 0.2) is 22.7 Å². The first kappa shape index (κ1) is 13.5. The van der Waals surface area contributed by atoms with Crippen molar-refractivity contribution in [2.24, 2.45) is 0 Å². The first-order chi connectivity index (χ1) is 8.95. The van der Waals surface area contributed by atoms with Crippen molar-refractivity contribution in [3.8, 4) is 5.75 Å². The molecule has 7 heteroatoms. The van der Waals surface area contributed by atoms with Gasteiger partial charge in [0.2, 0.25) is 0 Å². The van der Waals surface area contributed by atoms with Crippen molar-refractivity contribution in [3.63, 3.8) is 0 Å². The summed E-state index contributed by atoms with van der Waals surface area (Å²) in [7, 11) is 0. The monoisotopic (exact) mass is 324 g/mol. The first-order valence-electron chi connectivity index (χ1n) is 5.65. The van der Waals surface area contributed by atoms with Crippen LogP contribution in [0.1, 0.15) is 35.0 Å². The van der Waals surface area contributed by atoms with Crippen LogP contribution in [0.3, 0.4) is 0 Å². The minimum Gasteiger partial charge on any atom is -0.508 e. The summed E-state index contributed by atoms with van der Waals surface area (Å²) in [6, 6.07) is 4.22. The number of phenolic OH excluding ortho intramolecular Hbond substituents is 1. The topological polar surface area (TPSA) is 90.9 Å². The number of aromatic hydroxyl groups is 1. The minimum atomic E-state index is -0.321. The smallest absolute Gasteiger partial charge is 0.252 e. The van der Waals surface area contributed by atoms with E-state index < -0.39 is 0 Å². The van der Waals surface area contributed by atoms with Gasteiger partial charge in [0.1, 0.15) is 11.6 Å². The summed E-state index contributed by atoms with van der Waals surface area (Å²) in [6.07, 6.45) is 0. The summed E-state index contributed by atoms with van der Waals surface area (Å²) in [5.74, 6) is 0.939. The maximum absolute atomic E-state index is 12.0. The number of rotatable bonds is 3. The second kappa shape index (κ2) is 5.40. The van der Waals surface area contributed by atoms with Gasteiger partial charge in [0.05, 0.1) is 6.04 Å². The van der Waals surface area contributed by atoms with Gasteiger partial charge in [-0.15, -0.1) is 0 Å². The molecule has 3 N–H and O–H groups in total. The SMILES string of the molecule is Cc1nc(C(C)NC(=O)c2cc(O)cc(Br)c2)n[nH]1. The van der Waals surface area contributed by atoms with Crippen molar-refractivity contribution >= 4 is 21.8 Å². The fraction of sp³-hybridized carbons (Fsp3) is 0.250. The normalized spacial score (nSPS) is 12.2. The predicted octanol–water partition coefficient (Wildman–Crippen LogP) is 2.07. The highest BCUT2D eigenvalue weighted by Crippen LogP contribution is 2.20. The van der Waals surface area contributed by atoms with Gasteiger partial charge in [0.25, 0.3) is 5.91 Å². The zero-order valence-corrected chi connectivity index (χ0v) is 12.0. The highest BCUT2D eigenvalue weighted by Gasteiger charge is 2.15. The van der Waals surface area contributed by atoms with Crippen LogP contribution in [0.5, 0.6) is 5.75 Å². The third-order valence-electron chi connectivity index (χ3n) is 2.49. The van der Waals surface area contributed by atoms with Gasteiger partial charge >= 0.3 is 0 Å². The Morgan fingerprint density at radius 1 is 1.47 bits per heavy atom. The zero-order valence-electron chi connectivity index (χ0n) is 10.4. The molecular weight excluding hydrogens is 312 g/mol. The molecule has 0 fully saturated rings. The van der Waals surface area contributed by atoms with E-state index in [1.54, 1.807) is 19.9 Å². The van der Waals surface area contributed by atoms with Crippen molar-refractivity contribution in [1.82, 2.24) is 20.5 Å². The molecule has 1 aromatic carbocycles. The minimum absolute atomic E-state index is 0.0286. The molecular formula is C12H13BrN4O2. The van der Waals surface area contributed by atoms with Crippen LogP contribution in [0, 0.1) is 6.92 Å². The number of amides is 1. The molecule has 0 bridgehead atoms. The van der Waals surface area contributed by atoms with Crippen LogP contribution < -0.4 is 5.32 Å². The van der Waals surface area contributed by atoms with Crippen LogP contribution in [-0.2, 0) is 0 Å². The molecule has 0 saturated carbocycles. The van der Waals surface area contributed by atoms with Crippen molar-refractivity contribution in [1.29, 1.82) is 0 Å². The Bertz CT molecular complexity index is 591. The molecule has 1 unspecified atom stereocenters. The zero-order chi connectivity index (χ0) is 14.0. The van der Waals surface area contributed by atoms with Gasteiger partial charge in [-0.05, 0) is 32.0 Å². The van der Waals surface area contributed by atoms with Gasteiger partial charge < -0.3 is 10.4 Å². The molecule has 0 aliphatic carbocycles. The Labute approximate surface area is 118 Å². The molecule has 1 amide bonds. The summed E-state index contributed by atoms with van der Waals surface area (Å²) in [4.78, 5) is 16.2. The third-order valence-corrected chi connectivity index (χ3v) is 2.95. The summed E-state index contributed by atoms with van der Waals surface area (Å²) >= 11 is 3.23. The maximum atomic E-state index is 12.0. The lowest BCUT2D eigenvalue weighted by Gasteiger charge is -2.11. The van der Waals surface area contributed by atoms with Crippen LogP contribution >= 0.6 is 15.9 Å². The number of benzene rings is 1. The highest BCUT2D eigenvalue weighted by atomic mass is 79.9. The molecule has 0 aliphatic rings. The van der Waals surface area contributed by atoms with E-state index in [0.29, 0.717) is 21.7 Å². The average Bonchev–Trinajstić information content (AvgIpc) is 2.74. The van der Waals surface area contributed by atoms with Crippen molar-refractivity contribution in [3.05, 3.63) is 39.9 Å². The molecule has 1 aromatic heterocycles. The maximum Gasteiger partial charge on any atom is 0.252 e. The number of carbonyl (C=O) groups excluding carboxylic acids is 1. The summed E-state index contributed by atoms with van der Waals surface area (Å²) in [5, 5.41) is 18.9. The van der Waals surface area contributed by atoms with E-state index in [9.17, 15) is 9.90 Å². The van der Waals surface area contributed by atoms with Crippen LogP contribution in [0.25, 0.3) is 0 Å². The fourth-order valence-electron chi connectivity index (χ4n) is 1.60. The molecule has 2 rings (SSSR count). The lowest BCUT2D eigenvalue weighted by atomic mass is 10.2. The number of H-pyrrole nitrogens is 1. The lowest BCUT2D eigenvalue weighted by Crippen LogP contribution is -2.27. The molecule has 6 nitrogen and oxygen atoms in total. The number of phenols is 1. The number of aromatic nitrogens is 3. The summed E-state index contributed by atoms with van der Waals surface area (Å²) in [5.41, 5.74) is 0.367. The molecule has 0 saturated heterocycles. The van der Waals surface area contributed by atoms with Gasteiger partial charge in [-0.3, -0.25) is 9.89 Å². The summed E-state index contributed by atoms with van der Waals surface area (Å²) < 4.78 is 0.638. The van der Waals surface area contributed by atoms with E-state index in [2.05, 4.69) is 36.4 Å². The summed E-state index contributed by atoms with van der Waals surface area (Å²) in [6.45, 7) is 3.58. The Kier molecular flexibility index (Phi) is 3.84. The standard InChI is InChI=1S/C12H13BrN4O2/c1-6(11-15-7(2)16-17-11)14-12(19)8-3-9(13)5-10(18)4-8/h3-6,18H,1-2H3,(H,14,19)(H,15,16,17). The average molecular weight is 325 g/mol. The number of carbonyl (C=O) groups is 1. The molecule has 1 atom stereocenters. The number of nitrogens with one attached hydrogen (secondary N) is 2. The molecule has 0 radical (unpaired) electrons. The molecule has 19 heavy (non-hydrogen) atoms. The van der Waals surface area contributed by atoms with Gasteiger partial charge in [-0.2, -0.15) is 5.10 Å². The van der Waals surface area contributed by atoms with E-state index in [4.69, 9.17) is 0 Å². The van der Waals surface area contributed by atoms with Gasteiger partial charge in [-0.1, -0.05) is 15.9 Å². The van der Waals surface area contributed by atoms with Crippen LogP contribution in [0.2, 0.25) is 0 Å². The number of aromatic amines is 1. The number of hydrogen-bond donors (Lipinski definition) is 3. The van der Waals surface area contributed by atoms with Crippen LogP contribution in [-0.4, -0.2) is 26.2 Å². The molecule has 100 valence electrons. The Morgan fingerprint density at radius 2 is 2.21 bits per heavy atom. The number of halogens is 1. The molecule has 1 heterocycles. The second-order valence-electron chi connectivity index (χ2n) is 4.17. The van der Waals surface area contributed by atoms with Gasteiger partial charge in [0.15, 0.2) is 5.82 Å². The Balaban J connectivity index is 2.12. The van der Waals surface area contributed by atoms with E-state index in [0.717, 1.165) is 0 Å². The van der Waals surface area contributed by atoms with E-state index in [-0.39, 0.29) is 17.7 Å². The molecule has 0 aliphatic heterocycles. The van der Waals surface area contributed by atoms with Crippen LogP contribution in [0.4, 0.5) is 0 Å². The first-order valence-corrected chi connectivity index (χ1v) is 6.44. The van der Waals surface area contributed by atoms with E-state index in [1.165, 1.54) is 12.1 Å². The third kappa shape index (κ3) is 3.31. The Hall–Kier alpha value is -1.89. The predicted molar refractivity (Wildman–Crippen MR) is 72.8 cm³/mol. The van der Waals surface area contributed by atoms with E-state index in [1.807, 2.05) is 0 Å². The van der Waals surface area contributed by atoms with Gasteiger partial charge in [0, 0.05) is 10.0 Å². The Morgan fingerprint density at radius 3 is 2.79 bits per heavy atom.